The second-order valence-corrected chi connectivity index (χ2v) is 6.58. The number of carboxylic acids is 1. The fourth-order valence-electron chi connectivity index (χ4n) is 3.39. The molecule has 1 amide bonds. The number of aromatic nitrogens is 2. The van der Waals surface area contributed by atoms with Gasteiger partial charge in [-0.25, -0.2) is 4.68 Å². The fourth-order valence-corrected chi connectivity index (χ4v) is 3.58. The molecule has 7 heteroatoms. The van der Waals surface area contributed by atoms with Crippen LogP contribution in [0.1, 0.15) is 42.2 Å². The molecule has 1 aliphatic rings. The third-order valence-electron chi connectivity index (χ3n) is 4.54. The molecule has 1 fully saturated rings. The van der Waals surface area contributed by atoms with Crippen molar-refractivity contribution in [3.63, 3.8) is 0 Å². The first-order chi connectivity index (χ1) is 12.0. The summed E-state index contributed by atoms with van der Waals surface area (Å²) in [5, 5.41) is 14.0. The molecule has 1 aromatic heterocycles. The summed E-state index contributed by atoms with van der Waals surface area (Å²) in [5.74, 6) is -1.02. The third kappa shape index (κ3) is 3.54. The summed E-state index contributed by atoms with van der Waals surface area (Å²) < 4.78 is 1.72. The molecule has 0 aliphatic carbocycles. The Morgan fingerprint density at radius 3 is 2.88 bits per heavy atom. The minimum Gasteiger partial charge on any atom is -0.481 e. The van der Waals surface area contributed by atoms with Crippen molar-refractivity contribution in [2.75, 3.05) is 6.54 Å². The Morgan fingerprint density at radius 1 is 1.40 bits per heavy atom. The molecule has 3 rings (SSSR count). The SMILES string of the molecule is CCc1c(C(=O)N2CCCC2CC(=O)O)cnn1-c1cccc(Cl)c1. The molecule has 1 unspecified atom stereocenters. The maximum atomic E-state index is 13.0. The van der Waals surface area contributed by atoms with Crippen LogP contribution >= 0.6 is 11.6 Å². The summed E-state index contributed by atoms with van der Waals surface area (Å²) in [5.41, 5.74) is 2.12. The molecule has 0 spiro atoms. The first-order valence-corrected chi connectivity index (χ1v) is 8.74. The number of rotatable bonds is 5. The van der Waals surface area contributed by atoms with E-state index >= 15 is 0 Å². The fraction of sp³-hybridized carbons (Fsp3) is 0.389. The number of hydrogen-bond donors (Lipinski definition) is 1. The molecule has 2 heterocycles. The first-order valence-electron chi connectivity index (χ1n) is 8.37. The Bertz CT molecular complexity index is 803. The Morgan fingerprint density at radius 2 is 2.20 bits per heavy atom. The predicted molar refractivity (Wildman–Crippen MR) is 94.3 cm³/mol. The van der Waals surface area contributed by atoms with Crippen molar-refractivity contribution >= 4 is 23.5 Å². The lowest BCUT2D eigenvalue weighted by atomic mass is 10.1. The van der Waals surface area contributed by atoms with Gasteiger partial charge >= 0.3 is 5.97 Å². The van der Waals surface area contributed by atoms with Gasteiger partial charge in [0.05, 0.1) is 29.6 Å². The maximum absolute atomic E-state index is 13.0. The van der Waals surface area contributed by atoms with Crippen LogP contribution in [-0.4, -0.2) is 44.3 Å². The van der Waals surface area contributed by atoms with Crippen molar-refractivity contribution in [1.82, 2.24) is 14.7 Å². The lowest BCUT2D eigenvalue weighted by Gasteiger charge is -2.23. The van der Waals surface area contributed by atoms with E-state index in [1.54, 1.807) is 27.9 Å². The molecule has 0 saturated carbocycles. The molecule has 0 bridgehead atoms. The highest BCUT2D eigenvalue weighted by atomic mass is 35.5. The van der Waals surface area contributed by atoms with E-state index in [1.165, 1.54) is 0 Å². The zero-order chi connectivity index (χ0) is 18.0. The van der Waals surface area contributed by atoms with Crippen LogP contribution in [0, 0.1) is 0 Å². The lowest BCUT2D eigenvalue weighted by Crippen LogP contribution is -2.37. The summed E-state index contributed by atoms with van der Waals surface area (Å²) in [6.07, 6.45) is 3.73. The van der Waals surface area contributed by atoms with Gasteiger partial charge in [-0.3, -0.25) is 9.59 Å². The van der Waals surface area contributed by atoms with Crippen molar-refractivity contribution in [2.45, 2.75) is 38.6 Å². The molecule has 25 heavy (non-hydrogen) atoms. The highest BCUT2D eigenvalue weighted by Gasteiger charge is 2.32. The van der Waals surface area contributed by atoms with Crippen LogP contribution in [0.5, 0.6) is 0 Å². The van der Waals surface area contributed by atoms with Crippen LogP contribution in [0.4, 0.5) is 0 Å². The predicted octanol–water partition coefficient (Wildman–Crippen LogP) is 3.17. The van der Waals surface area contributed by atoms with Crippen molar-refractivity contribution in [3.8, 4) is 5.69 Å². The smallest absolute Gasteiger partial charge is 0.305 e. The van der Waals surface area contributed by atoms with Gasteiger partial charge in [0, 0.05) is 17.6 Å². The average Bonchev–Trinajstić information content (AvgIpc) is 3.20. The zero-order valence-corrected chi connectivity index (χ0v) is 14.7. The number of amides is 1. The average molecular weight is 362 g/mol. The van der Waals surface area contributed by atoms with Crippen LogP contribution in [0.25, 0.3) is 5.69 Å². The normalized spacial score (nSPS) is 17.0. The van der Waals surface area contributed by atoms with E-state index < -0.39 is 5.97 Å². The highest BCUT2D eigenvalue weighted by Crippen LogP contribution is 2.25. The van der Waals surface area contributed by atoms with Crippen LogP contribution in [0.15, 0.2) is 30.5 Å². The van der Waals surface area contributed by atoms with E-state index in [1.807, 2.05) is 19.1 Å². The van der Waals surface area contributed by atoms with Crippen molar-refractivity contribution in [2.24, 2.45) is 0 Å². The highest BCUT2D eigenvalue weighted by molar-refractivity contribution is 6.30. The van der Waals surface area contributed by atoms with E-state index in [2.05, 4.69) is 5.10 Å². The van der Waals surface area contributed by atoms with E-state index in [-0.39, 0.29) is 18.4 Å². The van der Waals surface area contributed by atoms with Gasteiger partial charge < -0.3 is 10.0 Å². The quantitative estimate of drug-likeness (QED) is 0.887. The standard InChI is InChI=1S/C18H20ClN3O3/c1-2-16-15(11-20-22(16)14-6-3-5-12(19)9-14)18(25)21-8-4-7-13(21)10-17(23)24/h3,5-6,9,11,13H,2,4,7-8,10H2,1H3,(H,23,24). The van der Waals surface area contributed by atoms with Crippen molar-refractivity contribution in [1.29, 1.82) is 0 Å². The first kappa shape index (κ1) is 17.5. The molecular formula is C18H20ClN3O3. The topological polar surface area (TPSA) is 75.4 Å². The molecule has 1 aliphatic heterocycles. The summed E-state index contributed by atoms with van der Waals surface area (Å²) >= 11 is 6.06. The van der Waals surface area contributed by atoms with Gasteiger partial charge in [-0.05, 0) is 37.5 Å². The van der Waals surface area contributed by atoms with Gasteiger partial charge in [0.1, 0.15) is 0 Å². The van der Waals surface area contributed by atoms with E-state index in [4.69, 9.17) is 16.7 Å². The maximum Gasteiger partial charge on any atom is 0.305 e. The molecule has 132 valence electrons. The molecule has 1 N–H and O–H groups in total. The van der Waals surface area contributed by atoms with E-state index in [0.29, 0.717) is 23.6 Å². The summed E-state index contributed by atoms with van der Waals surface area (Å²) in [6.45, 7) is 2.55. The number of nitrogens with zero attached hydrogens (tertiary/aromatic N) is 3. The van der Waals surface area contributed by atoms with Gasteiger partial charge in [-0.1, -0.05) is 24.6 Å². The number of benzene rings is 1. The van der Waals surface area contributed by atoms with Gasteiger partial charge in [0.25, 0.3) is 5.91 Å². The molecule has 0 radical (unpaired) electrons. The Balaban J connectivity index is 1.92. The monoisotopic (exact) mass is 361 g/mol. The molecular weight excluding hydrogens is 342 g/mol. The van der Waals surface area contributed by atoms with Crippen LogP contribution < -0.4 is 0 Å². The Hall–Kier alpha value is -2.34. The summed E-state index contributed by atoms with van der Waals surface area (Å²) in [6, 6.07) is 7.06. The number of hydrogen-bond acceptors (Lipinski definition) is 3. The van der Waals surface area contributed by atoms with Crippen molar-refractivity contribution < 1.29 is 14.7 Å². The molecule has 1 aromatic carbocycles. The van der Waals surface area contributed by atoms with Gasteiger partial charge in [-0.2, -0.15) is 5.10 Å². The van der Waals surface area contributed by atoms with Crippen LogP contribution in [0.2, 0.25) is 5.02 Å². The number of halogens is 1. The van der Waals surface area contributed by atoms with Crippen LogP contribution in [-0.2, 0) is 11.2 Å². The number of aliphatic carboxylic acids is 1. The molecule has 1 saturated heterocycles. The van der Waals surface area contributed by atoms with Gasteiger partial charge in [0.15, 0.2) is 0 Å². The van der Waals surface area contributed by atoms with Crippen LogP contribution in [0.3, 0.4) is 0 Å². The third-order valence-corrected chi connectivity index (χ3v) is 4.77. The number of carboxylic acid groups (broad SMARTS) is 1. The lowest BCUT2D eigenvalue weighted by molar-refractivity contribution is -0.137. The van der Waals surface area contributed by atoms with Crippen molar-refractivity contribution in [3.05, 3.63) is 46.7 Å². The number of likely N-dealkylation sites (tertiary alicyclic amines) is 1. The Kier molecular flexibility index (Phi) is 5.08. The molecule has 2 aromatic rings. The zero-order valence-electron chi connectivity index (χ0n) is 14.0. The second-order valence-electron chi connectivity index (χ2n) is 6.14. The van der Waals surface area contributed by atoms with E-state index in [9.17, 15) is 9.59 Å². The molecule has 6 nitrogen and oxygen atoms in total. The summed E-state index contributed by atoms with van der Waals surface area (Å²) in [4.78, 5) is 25.7. The van der Waals surface area contributed by atoms with E-state index in [0.717, 1.165) is 24.2 Å². The second kappa shape index (κ2) is 7.27. The van der Waals surface area contributed by atoms with Gasteiger partial charge in [0.2, 0.25) is 0 Å². The number of carbonyl (C=O) groups excluding carboxylic acids is 1. The largest absolute Gasteiger partial charge is 0.481 e. The molecule has 1 atom stereocenters. The summed E-state index contributed by atoms with van der Waals surface area (Å²) in [7, 11) is 0. The van der Waals surface area contributed by atoms with Gasteiger partial charge in [-0.15, -0.1) is 0 Å². The minimum atomic E-state index is -0.880. The number of carbonyl (C=O) groups is 2. The Labute approximate surface area is 151 Å². The minimum absolute atomic E-state index is 0.0182.